The van der Waals surface area contributed by atoms with Crippen molar-refractivity contribution in [2.45, 2.75) is 6.92 Å². The lowest BCUT2D eigenvalue weighted by Crippen LogP contribution is -1.97. The number of benzene rings is 1. The first kappa shape index (κ1) is 14.3. The summed E-state index contributed by atoms with van der Waals surface area (Å²) in [5, 5.41) is 3.57. The second-order valence-corrected chi connectivity index (χ2v) is 4.93. The molecule has 0 fully saturated rings. The summed E-state index contributed by atoms with van der Waals surface area (Å²) in [6, 6.07) is 14.7. The van der Waals surface area contributed by atoms with Gasteiger partial charge in [-0.25, -0.2) is 15.0 Å². The highest BCUT2D eigenvalue weighted by Crippen LogP contribution is 2.24. The van der Waals surface area contributed by atoms with Crippen molar-refractivity contribution in [2.75, 3.05) is 5.32 Å². The molecule has 0 spiro atoms. The van der Waals surface area contributed by atoms with Crippen molar-refractivity contribution in [1.29, 1.82) is 0 Å². The van der Waals surface area contributed by atoms with Gasteiger partial charge in [0.15, 0.2) is 0 Å². The van der Waals surface area contributed by atoms with Crippen LogP contribution in [-0.4, -0.2) is 15.0 Å². The van der Waals surface area contributed by atoms with Crippen LogP contribution in [0.4, 0.5) is 11.5 Å². The summed E-state index contributed by atoms with van der Waals surface area (Å²) >= 11 is 5.93. The molecule has 1 aromatic carbocycles. The van der Waals surface area contributed by atoms with Crippen LogP contribution < -0.4 is 10.1 Å². The zero-order valence-corrected chi connectivity index (χ0v) is 12.6. The van der Waals surface area contributed by atoms with E-state index in [1.54, 1.807) is 25.3 Å². The summed E-state index contributed by atoms with van der Waals surface area (Å²) in [5.74, 6) is 2.46. The molecular weight excluding hydrogens is 300 g/mol. The van der Waals surface area contributed by atoms with Gasteiger partial charge in [-0.2, -0.15) is 0 Å². The summed E-state index contributed by atoms with van der Waals surface area (Å²) in [6.07, 6.45) is 1.68. The lowest BCUT2D eigenvalue weighted by Gasteiger charge is -2.09. The van der Waals surface area contributed by atoms with Gasteiger partial charge in [-0.1, -0.05) is 23.7 Å². The van der Waals surface area contributed by atoms with Gasteiger partial charge in [0, 0.05) is 30.1 Å². The summed E-state index contributed by atoms with van der Waals surface area (Å²) in [6.45, 7) is 1.79. The molecular formula is C16H13ClN4O. The number of anilines is 2. The zero-order chi connectivity index (χ0) is 15.4. The minimum atomic E-state index is 0.399. The van der Waals surface area contributed by atoms with Crippen molar-refractivity contribution in [3.05, 3.63) is 65.7 Å². The number of aryl methyl sites for hydroxylation is 1. The van der Waals surface area contributed by atoms with Crippen LogP contribution in [0.15, 0.2) is 54.7 Å². The Kier molecular flexibility index (Phi) is 4.16. The molecule has 0 atom stereocenters. The number of nitrogens with one attached hydrogen (secondary N) is 1. The molecule has 0 aliphatic heterocycles. The van der Waals surface area contributed by atoms with E-state index in [4.69, 9.17) is 16.3 Å². The number of hydrogen-bond acceptors (Lipinski definition) is 5. The molecule has 110 valence electrons. The van der Waals surface area contributed by atoms with Crippen LogP contribution in [0.3, 0.4) is 0 Å². The average molecular weight is 313 g/mol. The average Bonchev–Trinajstić information content (AvgIpc) is 2.47. The predicted molar refractivity (Wildman–Crippen MR) is 85.8 cm³/mol. The maximum Gasteiger partial charge on any atom is 0.219 e. The largest absolute Gasteiger partial charge is 0.439 e. The van der Waals surface area contributed by atoms with Gasteiger partial charge >= 0.3 is 0 Å². The van der Waals surface area contributed by atoms with Gasteiger partial charge in [0.25, 0.3) is 0 Å². The van der Waals surface area contributed by atoms with Gasteiger partial charge < -0.3 is 10.1 Å². The van der Waals surface area contributed by atoms with Crippen molar-refractivity contribution in [3.8, 4) is 11.6 Å². The van der Waals surface area contributed by atoms with Crippen molar-refractivity contribution >= 4 is 23.1 Å². The highest BCUT2D eigenvalue weighted by atomic mass is 35.5. The number of pyridine rings is 1. The summed E-state index contributed by atoms with van der Waals surface area (Å²) < 4.78 is 5.69. The van der Waals surface area contributed by atoms with E-state index < -0.39 is 0 Å². The first-order valence-corrected chi connectivity index (χ1v) is 7.04. The normalized spacial score (nSPS) is 10.3. The van der Waals surface area contributed by atoms with Crippen LogP contribution >= 0.6 is 11.6 Å². The minimum absolute atomic E-state index is 0.399. The maximum atomic E-state index is 5.93. The Balaban J connectivity index is 1.79. The van der Waals surface area contributed by atoms with Gasteiger partial charge in [0.2, 0.25) is 5.88 Å². The zero-order valence-electron chi connectivity index (χ0n) is 11.8. The number of rotatable bonds is 4. The Morgan fingerprint density at radius 3 is 2.73 bits per heavy atom. The summed E-state index contributed by atoms with van der Waals surface area (Å²) in [5.41, 5.74) is 0.836. The quantitative estimate of drug-likeness (QED) is 0.725. The Labute approximate surface area is 133 Å². The topological polar surface area (TPSA) is 59.9 Å². The Hall–Kier alpha value is -2.66. The van der Waals surface area contributed by atoms with Crippen LogP contribution in [0.25, 0.3) is 0 Å². The second-order valence-electron chi connectivity index (χ2n) is 4.55. The monoisotopic (exact) mass is 312 g/mol. The molecule has 0 saturated carbocycles. The molecule has 3 rings (SSSR count). The minimum Gasteiger partial charge on any atom is -0.439 e. The fourth-order valence-corrected chi connectivity index (χ4v) is 2.13. The van der Waals surface area contributed by atoms with Crippen LogP contribution in [0.5, 0.6) is 11.6 Å². The number of nitrogens with zero attached hydrogens (tertiary/aromatic N) is 3. The summed E-state index contributed by atoms with van der Waals surface area (Å²) in [4.78, 5) is 12.4. The second kappa shape index (κ2) is 6.41. The maximum absolute atomic E-state index is 5.93. The van der Waals surface area contributed by atoms with E-state index in [1.807, 2.05) is 36.4 Å². The molecule has 6 heteroatoms. The first-order chi connectivity index (χ1) is 10.7. The molecule has 2 aromatic heterocycles. The standard InChI is InChI=1S/C16H13ClN4O/c1-11-19-14(17)10-15(20-11)21-12-5-4-6-13(9-12)22-16-7-2-3-8-18-16/h2-10H,1H3,(H,19,20,21). The predicted octanol–water partition coefficient (Wildman–Crippen LogP) is 4.37. The molecule has 0 aliphatic rings. The SMILES string of the molecule is Cc1nc(Cl)cc(Nc2cccc(Oc3ccccn3)c2)n1. The van der Waals surface area contributed by atoms with E-state index >= 15 is 0 Å². The smallest absolute Gasteiger partial charge is 0.219 e. The van der Waals surface area contributed by atoms with E-state index in [9.17, 15) is 0 Å². The molecule has 0 aliphatic carbocycles. The van der Waals surface area contributed by atoms with E-state index in [-0.39, 0.29) is 0 Å². The Morgan fingerprint density at radius 1 is 1.05 bits per heavy atom. The van der Waals surface area contributed by atoms with Crippen LogP contribution in [0.2, 0.25) is 5.15 Å². The van der Waals surface area contributed by atoms with Crippen molar-refractivity contribution in [2.24, 2.45) is 0 Å². The lowest BCUT2D eigenvalue weighted by molar-refractivity contribution is 0.463. The number of halogens is 1. The Bertz CT molecular complexity index is 760. The fraction of sp³-hybridized carbons (Fsp3) is 0.0625. The van der Waals surface area contributed by atoms with Gasteiger partial charge in [-0.15, -0.1) is 0 Å². The van der Waals surface area contributed by atoms with Gasteiger partial charge in [0.05, 0.1) is 0 Å². The molecule has 22 heavy (non-hydrogen) atoms. The molecule has 0 unspecified atom stereocenters. The fourth-order valence-electron chi connectivity index (χ4n) is 1.91. The number of aromatic nitrogens is 3. The lowest BCUT2D eigenvalue weighted by atomic mass is 10.3. The highest BCUT2D eigenvalue weighted by molar-refractivity contribution is 6.29. The Morgan fingerprint density at radius 2 is 1.95 bits per heavy atom. The van der Waals surface area contributed by atoms with Crippen molar-refractivity contribution in [3.63, 3.8) is 0 Å². The van der Waals surface area contributed by atoms with E-state index in [0.717, 1.165) is 5.69 Å². The van der Waals surface area contributed by atoms with E-state index in [1.165, 1.54) is 0 Å². The number of ether oxygens (including phenoxy) is 1. The molecule has 3 aromatic rings. The number of hydrogen-bond donors (Lipinski definition) is 1. The molecule has 1 N–H and O–H groups in total. The van der Waals surface area contributed by atoms with Crippen molar-refractivity contribution < 1.29 is 4.74 Å². The third-order valence-corrected chi connectivity index (χ3v) is 2.97. The summed E-state index contributed by atoms with van der Waals surface area (Å²) in [7, 11) is 0. The highest BCUT2D eigenvalue weighted by Gasteiger charge is 2.03. The molecule has 0 radical (unpaired) electrons. The van der Waals surface area contributed by atoms with Crippen LogP contribution in [-0.2, 0) is 0 Å². The molecule has 0 amide bonds. The van der Waals surface area contributed by atoms with Crippen LogP contribution in [0, 0.1) is 6.92 Å². The van der Waals surface area contributed by atoms with E-state index in [2.05, 4.69) is 20.3 Å². The van der Waals surface area contributed by atoms with Gasteiger partial charge in [0.1, 0.15) is 22.5 Å². The molecule has 0 saturated heterocycles. The third-order valence-electron chi connectivity index (χ3n) is 2.77. The van der Waals surface area contributed by atoms with Crippen LogP contribution in [0.1, 0.15) is 5.82 Å². The molecule has 5 nitrogen and oxygen atoms in total. The first-order valence-electron chi connectivity index (χ1n) is 6.66. The van der Waals surface area contributed by atoms with E-state index in [0.29, 0.717) is 28.4 Å². The van der Waals surface area contributed by atoms with Crippen molar-refractivity contribution in [1.82, 2.24) is 15.0 Å². The molecule has 0 bridgehead atoms. The van der Waals surface area contributed by atoms with Gasteiger partial charge in [-0.05, 0) is 25.1 Å². The molecule has 2 heterocycles. The third kappa shape index (κ3) is 3.71. The van der Waals surface area contributed by atoms with Gasteiger partial charge in [-0.3, -0.25) is 0 Å².